The van der Waals surface area contributed by atoms with Gasteiger partial charge in [-0.15, -0.1) is 0 Å². The van der Waals surface area contributed by atoms with Crippen LogP contribution in [0, 0.1) is 0 Å². The van der Waals surface area contributed by atoms with Gasteiger partial charge < -0.3 is 30.7 Å². The van der Waals surface area contributed by atoms with Crippen molar-refractivity contribution >= 4 is 41.0 Å². The minimum absolute atomic E-state index is 0.0337. The molecule has 0 heterocycles. The topological polar surface area (TPSA) is 182 Å². The first-order chi connectivity index (χ1) is 18.0. The number of carbonyl (C=O) groups is 5. The maximum atomic E-state index is 12.7. The van der Waals surface area contributed by atoms with Gasteiger partial charge in [0.2, 0.25) is 5.91 Å². The molecule has 0 aliphatic rings. The molecule has 0 radical (unpaired) electrons. The molecule has 0 bridgehead atoms. The number of benzene rings is 3. The van der Waals surface area contributed by atoms with E-state index in [1.807, 2.05) is 0 Å². The first kappa shape index (κ1) is 27.4. The molecule has 0 spiro atoms. The van der Waals surface area contributed by atoms with Gasteiger partial charge in [0.15, 0.2) is 11.5 Å². The summed E-state index contributed by atoms with van der Waals surface area (Å²) in [5.41, 5.74) is 7.11. The molecule has 0 saturated heterocycles. The summed E-state index contributed by atoms with van der Waals surface area (Å²) in [5, 5.41) is 20.9. The number of carboxylic acid groups (broad SMARTS) is 2. The van der Waals surface area contributed by atoms with Gasteiger partial charge in [-0.25, -0.2) is 4.79 Å². The smallest absolute Gasteiger partial charge is 0.337 e. The SMILES string of the molecule is COC(=O)c1ccc(Oc2cc(CC(=O)O)cc(CC(=O)O)c2)c(NC(=O)CC(=O)c2ccc(N)cc2)c1. The van der Waals surface area contributed by atoms with Crippen LogP contribution in [0.5, 0.6) is 11.5 Å². The van der Waals surface area contributed by atoms with Crippen LogP contribution in [0.25, 0.3) is 0 Å². The van der Waals surface area contributed by atoms with Crippen molar-refractivity contribution in [2.24, 2.45) is 0 Å². The number of anilines is 2. The van der Waals surface area contributed by atoms with Crippen LogP contribution in [0.2, 0.25) is 0 Å². The summed E-state index contributed by atoms with van der Waals surface area (Å²) < 4.78 is 10.6. The van der Waals surface area contributed by atoms with Crippen molar-refractivity contribution in [3.63, 3.8) is 0 Å². The fourth-order valence-corrected chi connectivity index (χ4v) is 3.54. The van der Waals surface area contributed by atoms with Crippen molar-refractivity contribution in [1.29, 1.82) is 0 Å². The van der Waals surface area contributed by atoms with Crippen LogP contribution >= 0.6 is 0 Å². The van der Waals surface area contributed by atoms with E-state index in [4.69, 9.17) is 25.4 Å². The van der Waals surface area contributed by atoms with Crippen LogP contribution < -0.4 is 15.8 Å². The molecule has 38 heavy (non-hydrogen) atoms. The molecule has 0 saturated carbocycles. The van der Waals surface area contributed by atoms with E-state index in [-0.39, 0.29) is 41.2 Å². The second-order valence-corrected chi connectivity index (χ2v) is 8.20. The first-order valence-electron chi connectivity index (χ1n) is 11.2. The first-order valence-corrected chi connectivity index (χ1v) is 11.2. The molecule has 0 aliphatic carbocycles. The Hall–Kier alpha value is -5.19. The second-order valence-electron chi connectivity index (χ2n) is 8.20. The lowest BCUT2D eigenvalue weighted by atomic mass is 10.0. The molecule has 3 aromatic rings. The van der Waals surface area contributed by atoms with Crippen LogP contribution in [0.1, 0.15) is 38.3 Å². The zero-order chi connectivity index (χ0) is 27.8. The van der Waals surface area contributed by atoms with E-state index >= 15 is 0 Å². The highest BCUT2D eigenvalue weighted by atomic mass is 16.5. The molecule has 3 rings (SSSR count). The van der Waals surface area contributed by atoms with Crippen molar-refractivity contribution in [2.45, 2.75) is 19.3 Å². The van der Waals surface area contributed by atoms with Gasteiger partial charge in [-0.1, -0.05) is 6.07 Å². The van der Waals surface area contributed by atoms with Crippen LogP contribution in [-0.2, 0) is 32.0 Å². The van der Waals surface area contributed by atoms with Crippen LogP contribution in [-0.4, -0.2) is 46.9 Å². The third-order valence-corrected chi connectivity index (χ3v) is 5.19. The molecule has 3 aromatic carbocycles. The van der Waals surface area contributed by atoms with Crippen molar-refractivity contribution in [2.75, 3.05) is 18.2 Å². The summed E-state index contributed by atoms with van der Waals surface area (Å²) in [7, 11) is 1.19. The average molecular weight is 520 g/mol. The molecule has 0 unspecified atom stereocenters. The van der Waals surface area contributed by atoms with Crippen molar-refractivity contribution < 1.29 is 43.7 Å². The number of amides is 1. The van der Waals surface area contributed by atoms with E-state index in [2.05, 4.69) is 5.32 Å². The highest BCUT2D eigenvalue weighted by Gasteiger charge is 2.18. The monoisotopic (exact) mass is 520 g/mol. The van der Waals surface area contributed by atoms with Gasteiger partial charge in [0.1, 0.15) is 5.75 Å². The number of aliphatic carboxylic acids is 2. The number of esters is 1. The quantitative estimate of drug-likeness (QED) is 0.127. The maximum absolute atomic E-state index is 12.7. The predicted molar refractivity (Wildman–Crippen MR) is 135 cm³/mol. The molecular formula is C27H24N2O9. The van der Waals surface area contributed by atoms with Gasteiger partial charge in [0, 0.05) is 11.3 Å². The lowest BCUT2D eigenvalue weighted by Gasteiger charge is -2.15. The van der Waals surface area contributed by atoms with E-state index in [0.717, 1.165) is 0 Å². The highest BCUT2D eigenvalue weighted by Crippen LogP contribution is 2.32. The molecule has 11 heteroatoms. The third-order valence-electron chi connectivity index (χ3n) is 5.19. The molecule has 0 fully saturated rings. The second kappa shape index (κ2) is 12.2. The number of carbonyl (C=O) groups excluding carboxylic acids is 3. The van der Waals surface area contributed by atoms with E-state index in [9.17, 15) is 24.0 Å². The highest BCUT2D eigenvalue weighted by molar-refractivity contribution is 6.11. The van der Waals surface area contributed by atoms with Crippen LogP contribution in [0.4, 0.5) is 11.4 Å². The van der Waals surface area contributed by atoms with Crippen molar-refractivity contribution in [1.82, 2.24) is 0 Å². The van der Waals surface area contributed by atoms with E-state index in [1.165, 1.54) is 67.8 Å². The zero-order valence-corrected chi connectivity index (χ0v) is 20.2. The van der Waals surface area contributed by atoms with Gasteiger partial charge in [-0.3, -0.25) is 19.2 Å². The summed E-state index contributed by atoms with van der Waals surface area (Å²) in [5.74, 6) is -3.91. The third kappa shape index (κ3) is 7.65. The van der Waals surface area contributed by atoms with Crippen molar-refractivity contribution in [3.8, 4) is 11.5 Å². The van der Waals surface area contributed by atoms with Gasteiger partial charge >= 0.3 is 17.9 Å². The molecule has 1 amide bonds. The molecule has 0 atom stereocenters. The van der Waals surface area contributed by atoms with Crippen molar-refractivity contribution in [3.05, 3.63) is 82.9 Å². The summed E-state index contributed by atoms with van der Waals surface area (Å²) in [4.78, 5) is 59.7. The van der Waals surface area contributed by atoms with E-state index < -0.39 is 36.0 Å². The Morgan fingerprint density at radius 1 is 0.816 bits per heavy atom. The normalized spacial score (nSPS) is 10.3. The number of hydrogen-bond donors (Lipinski definition) is 4. The fraction of sp³-hybridized carbons (Fsp3) is 0.148. The number of Topliss-reactive ketones (excluding diaryl/α,β-unsaturated/α-hetero) is 1. The number of nitrogen functional groups attached to an aromatic ring is 1. The minimum atomic E-state index is -1.12. The van der Waals surface area contributed by atoms with E-state index in [0.29, 0.717) is 16.8 Å². The average Bonchev–Trinajstić information content (AvgIpc) is 2.84. The van der Waals surface area contributed by atoms with Gasteiger partial charge in [0.05, 0.1) is 37.6 Å². The summed E-state index contributed by atoms with van der Waals surface area (Å²) >= 11 is 0. The molecular weight excluding hydrogens is 496 g/mol. The molecule has 0 aromatic heterocycles. The van der Waals surface area contributed by atoms with E-state index in [1.54, 1.807) is 0 Å². The maximum Gasteiger partial charge on any atom is 0.337 e. The van der Waals surface area contributed by atoms with Gasteiger partial charge in [-0.05, 0) is 65.7 Å². The molecule has 0 aliphatic heterocycles. The summed E-state index contributed by atoms with van der Waals surface area (Å²) in [6.07, 6.45) is -1.26. The number of nitrogens with one attached hydrogen (secondary N) is 1. The molecule has 196 valence electrons. The minimum Gasteiger partial charge on any atom is -0.481 e. The lowest BCUT2D eigenvalue weighted by molar-refractivity contribution is -0.137. The number of ketones is 1. The Morgan fingerprint density at radius 2 is 1.39 bits per heavy atom. The number of methoxy groups -OCH3 is 1. The number of hydrogen-bond acceptors (Lipinski definition) is 8. The summed E-state index contributed by atoms with van der Waals surface area (Å²) in [6, 6.07) is 14.4. The Balaban J connectivity index is 1.91. The summed E-state index contributed by atoms with van der Waals surface area (Å²) in [6.45, 7) is 0. The number of rotatable bonds is 11. The number of ether oxygens (including phenoxy) is 2. The Labute approximate surface area is 216 Å². The van der Waals surface area contributed by atoms with Gasteiger partial charge in [-0.2, -0.15) is 0 Å². The Kier molecular flexibility index (Phi) is 8.78. The van der Waals surface area contributed by atoms with Gasteiger partial charge in [0.25, 0.3) is 0 Å². The Bertz CT molecular complexity index is 1360. The molecule has 5 N–H and O–H groups in total. The van der Waals surface area contributed by atoms with Crippen LogP contribution in [0.3, 0.4) is 0 Å². The number of nitrogens with two attached hydrogens (primary N) is 1. The largest absolute Gasteiger partial charge is 0.481 e. The molecule has 11 nitrogen and oxygen atoms in total. The zero-order valence-electron chi connectivity index (χ0n) is 20.2. The number of carboxylic acids is 2. The predicted octanol–water partition coefficient (Wildman–Crippen LogP) is 3.31. The standard InChI is InChI=1S/C27H24N2O9/c1-37-27(36)18-4-7-23(38-20-9-15(11-25(32)33)8-16(10-20)12-26(34)35)21(13-18)29-24(31)14-22(30)17-2-5-19(28)6-3-17/h2-10,13H,11-12,14,28H2,1H3,(H,29,31)(H,32,33)(H,34,35). The Morgan fingerprint density at radius 3 is 1.95 bits per heavy atom. The van der Waals surface area contributed by atoms with Crippen LogP contribution in [0.15, 0.2) is 60.7 Å². The fourth-order valence-electron chi connectivity index (χ4n) is 3.54. The lowest BCUT2D eigenvalue weighted by Crippen LogP contribution is -2.17.